The van der Waals surface area contributed by atoms with Crippen LogP contribution in [0.3, 0.4) is 0 Å². The molecule has 0 heterocycles. The van der Waals surface area contributed by atoms with Gasteiger partial charge in [-0.1, -0.05) is 6.92 Å². The van der Waals surface area contributed by atoms with Crippen LogP contribution in [0.25, 0.3) is 0 Å². The van der Waals surface area contributed by atoms with E-state index in [0.717, 1.165) is 0 Å². The Kier molecular flexibility index (Phi) is 5.88. The van der Waals surface area contributed by atoms with Crippen molar-refractivity contribution in [2.24, 2.45) is 0 Å². The summed E-state index contributed by atoms with van der Waals surface area (Å²) < 4.78 is 0. The van der Waals surface area contributed by atoms with Crippen molar-refractivity contribution in [3.8, 4) is 0 Å². The lowest BCUT2D eigenvalue weighted by Gasteiger charge is -2.13. The number of aliphatic hydroxyl groups excluding tert-OH is 1. The monoisotopic (exact) mass is 189 g/mol. The fourth-order valence-corrected chi connectivity index (χ4v) is 0.797. The number of hydrogen-bond donors (Lipinski definition) is 3. The summed E-state index contributed by atoms with van der Waals surface area (Å²) >= 11 is 0. The van der Waals surface area contributed by atoms with Gasteiger partial charge in [0.05, 0.1) is 19.1 Å². The van der Waals surface area contributed by atoms with Gasteiger partial charge in [-0.25, -0.2) is 0 Å². The minimum atomic E-state index is -0.993. The Balaban J connectivity index is 3.66. The maximum atomic E-state index is 11.0. The highest BCUT2D eigenvalue weighted by molar-refractivity contribution is 5.80. The summed E-state index contributed by atoms with van der Waals surface area (Å²) in [5.41, 5.74) is 0. The highest BCUT2D eigenvalue weighted by Gasteiger charge is 2.09. The third kappa shape index (κ3) is 6.10. The molecular formula is C8H15NO4. The Morgan fingerprint density at radius 2 is 2.00 bits per heavy atom. The third-order valence-electron chi connectivity index (χ3n) is 1.64. The van der Waals surface area contributed by atoms with Crippen molar-refractivity contribution in [2.75, 3.05) is 6.61 Å². The molecule has 0 fully saturated rings. The molecule has 0 aliphatic heterocycles. The second kappa shape index (κ2) is 6.42. The van der Waals surface area contributed by atoms with Gasteiger partial charge in [0.1, 0.15) is 0 Å². The van der Waals surface area contributed by atoms with E-state index in [0.29, 0.717) is 6.42 Å². The number of carboxylic acid groups (broad SMARTS) is 1. The molecule has 3 N–H and O–H groups in total. The van der Waals surface area contributed by atoms with Gasteiger partial charge in [-0.2, -0.15) is 0 Å². The van der Waals surface area contributed by atoms with E-state index >= 15 is 0 Å². The van der Waals surface area contributed by atoms with Gasteiger partial charge in [0.2, 0.25) is 5.91 Å². The highest BCUT2D eigenvalue weighted by Crippen LogP contribution is 1.93. The molecule has 0 saturated heterocycles. The number of rotatable bonds is 6. The van der Waals surface area contributed by atoms with Crippen LogP contribution in [0.15, 0.2) is 0 Å². The van der Waals surface area contributed by atoms with Crippen LogP contribution in [0.5, 0.6) is 0 Å². The quantitative estimate of drug-likeness (QED) is 0.537. The standard InChI is InChI=1S/C8H15NO4/c1-2-6(5-10)9-7(11)3-4-8(12)13/h6,10H,2-5H2,1H3,(H,9,11)(H,12,13)/t6-/m1/s1. The van der Waals surface area contributed by atoms with Crippen LogP contribution in [0, 0.1) is 0 Å². The number of carbonyl (C=O) groups excluding carboxylic acids is 1. The van der Waals surface area contributed by atoms with E-state index in [1.54, 1.807) is 0 Å². The molecule has 76 valence electrons. The van der Waals surface area contributed by atoms with Crippen LogP contribution < -0.4 is 5.32 Å². The molecule has 0 aliphatic carbocycles. The predicted molar refractivity (Wildman–Crippen MR) is 46.2 cm³/mol. The zero-order valence-corrected chi connectivity index (χ0v) is 7.62. The molecule has 0 spiro atoms. The first-order valence-corrected chi connectivity index (χ1v) is 4.22. The van der Waals surface area contributed by atoms with Gasteiger partial charge < -0.3 is 15.5 Å². The first-order valence-electron chi connectivity index (χ1n) is 4.22. The van der Waals surface area contributed by atoms with E-state index in [-0.39, 0.29) is 31.4 Å². The van der Waals surface area contributed by atoms with Crippen LogP contribution in [-0.4, -0.2) is 34.7 Å². The number of carbonyl (C=O) groups is 2. The minimum Gasteiger partial charge on any atom is -0.481 e. The van der Waals surface area contributed by atoms with Crippen molar-refractivity contribution in [1.82, 2.24) is 5.32 Å². The van der Waals surface area contributed by atoms with Crippen molar-refractivity contribution in [3.63, 3.8) is 0 Å². The lowest BCUT2D eigenvalue weighted by Crippen LogP contribution is -2.36. The van der Waals surface area contributed by atoms with Gasteiger partial charge in [0.15, 0.2) is 0 Å². The maximum absolute atomic E-state index is 11.0. The Morgan fingerprint density at radius 3 is 2.38 bits per heavy atom. The van der Waals surface area contributed by atoms with Crippen molar-refractivity contribution in [3.05, 3.63) is 0 Å². The molecule has 0 bridgehead atoms. The smallest absolute Gasteiger partial charge is 0.303 e. The van der Waals surface area contributed by atoms with Crippen molar-refractivity contribution < 1.29 is 19.8 Å². The van der Waals surface area contributed by atoms with E-state index in [9.17, 15) is 9.59 Å². The topological polar surface area (TPSA) is 86.6 Å². The molecule has 5 heteroatoms. The van der Waals surface area contributed by atoms with Crippen LogP contribution in [-0.2, 0) is 9.59 Å². The SMILES string of the molecule is CC[C@H](CO)NC(=O)CCC(=O)O. The summed E-state index contributed by atoms with van der Waals surface area (Å²) in [6.07, 6.45) is 0.425. The summed E-state index contributed by atoms with van der Waals surface area (Å²) in [6.45, 7) is 1.72. The molecule has 13 heavy (non-hydrogen) atoms. The average Bonchev–Trinajstić information content (AvgIpc) is 2.10. The number of amides is 1. The molecule has 1 amide bonds. The van der Waals surface area contributed by atoms with E-state index in [4.69, 9.17) is 10.2 Å². The molecule has 0 rings (SSSR count). The molecular weight excluding hydrogens is 174 g/mol. The van der Waals surface area contributed by atoms with E-state index in [1.807, 2.05) is 6.92 Å². The molecule has 5 nitrogen and oxygen atoms in total. The third-order valence-corrected chi connectivity index (χ3v) is 1.64. The zero-order valence-electron chi connectivity index (χ0n) is 7.62. The van der Waals surface area contributed by atoms with Gasteiger partial charge >= 0.3 is 5.97 Å². The van der Waals surface area contributed by atoms with Gasteiger partial charge in [-0.05, 0) is 6.42 Å². The Labute approximate surface area is 76.8 Å². The maximum Gasteiger partial charge on any atom is 0.303 e. The molecule has 0 saturated carbocycles. The number of aliphatic carboxylic acids is 1. The first kappa shape index (κ1) is 11.9. The van der Waals surface area contributed by atoms with E-state index in [2.05, 4.69) is 5.32 Å². The molecule has 0 aromatic heterocycles. The molecule has 0 unspecified atom stereocenters. The fourth-order valence-electron chi connectivity index (χ4n) is 0.797. The summed E-state index contributed by atoms with van der Waals surface area (Å²) in [4.78, 5) is 21.1. The van der Waals surface area contributed by atoms with Crippen LogP contribution in [0.1, 0.15) is 26.2 Å². The van der Waals surface area contributed by atoms with Crippen molar-refractivity contribution >= 4 is 11.9 Å². The van der Waals surface area contributed by atoms with Crippen LogP contribution in [0.4, 0.5) is 0 Å². The normalized spacial score (nSPS) is 12.2. The number of aliphatic hydroxyl groups is 1. The lowest BCUT2D eigenvalue weighted by atomic mass is 10.2. The minimum absolute atomic E-state index is 0.0359. The summed E-state index contributed by atoms with van der Waals surface area (Å²) in [5, 5.41) is 19.5. The Hall–Kier alpha value is -1.10. The predicted octanol–water partition coefficient (Wildman–Crippen LogP) is -0.262. The molecule has 0 aromatic rings. The van der Waals surface area contributed by atoms with Gasteiger partial charge in [0, 0.05) is 6.42 Å². The average molecular weight is 189 g/mol. The fraction of sp³-hybridized carbons (Fsp3) is 0.750. The molecule has 0 radical (unpaired) electrons. The largest absolute Gasteiger partial charge is 0.481 e. The van der Waals surface area contributed by atoms with Crippen LogP contribution in [0.2, 0.25) is 0 Å². The summed E-state index contributed by atoms with van der Waals surface area (Å²) in [6, 6.07) is -0.263. The van der Waals surface area contributed by atoms with E-state index < -0.39 is 5.97 Å². The van der Waals surface area contributed by atoms with Crippen molar-refractivity contribution in [2.45, 2.75) is 32.2 Å². The number of nitrogens with one attached hydrogen (secondary N) is 1. The second-order valence-electron chi connectivity index (χ2n) is 2.75. The van der Waals surface area contributed by atoms with Gasteiger partial charge in [-0.15, -0.1) is 0 Å². The van der Waals surface area contributed by atoms with E-state index in [1.165, 1.54) is 0 Å². The second-order valence-corrected chi connectivity index (χ2v) is 2.75. The zero-order chi connectivity index (χ0) is 10.3. The van der Waals surface area contributed by atoms with Gasteiger partial charge in [0.25, 0.3) is 0 Å². The van der Waals surface area contributed by atoms with Crippen LogP contribution >= 0.6 is 0 Å². The highest BCUT2D eigenvalue weighted by atomic mass is 16.4. The Bertz CT molecular complexity index is 177. The number of hydrogen-bond acceptors (Lipinski definition) is 3. The molecule has 0 aromatic carbocycles. The first-order chi connectivity index (χ1) is 6.10. The Morgan fingerprint density at radius 1 is 1.38 bits per heavy atom. The summed E-state index contributed by atoms with van der Waals surface area (Å²) in [5.74, 6) is -1.32. The lowest BCUT2D eigenvalue weighted by molar-refractivity contribution is -0.139. The number of carboxylic acids is 1. The van der Waals surface area contributed by atoms with Gasteiger partial charge in [-0.3, -0.25) is 9.59 Å². The molecule has 1 atom stereocenters. The van der Waals surface area contributed by atoms with Crippen molar-refractivity contribution in [1.29, 1.82) is 0 Å². The molecule has 0 aliphatic rings. The summed E-state index contributed by atoms with van der Waals surface area (Å²) in [7, 11) is 0.